The van der Waals surface area contributed by atoms with Gasteiger partial charge in [0.25, 0.3) is 0 Å². The molecule has 15 heavy (non-hydrogen) atoms. The molecule has 1 aromatic heterocycles. The molecule has 0 radical (unpaired) electrons. The van der Waals surface area contributed by atoms with Crippen LogP contribution in [-0.2, 0) is 0 Å². The summed E-state index contributed by atoms with van der Waals surface area (Å²) in [5.41, 5.74) is 7.17. The molecule has 0 aliphatic heterocycles. The van der Waals surface area contributed by atoms with Crippen molar-refractivity contribution < 1.29 is 0 Å². The van der Waals surface area contributed by atoms with E-state index in [4.69, 9.17) is 5.73 Å². The number of rotatable bonds is 2. The van der Waals surface area contributed by atoms with Crippen molar-refractivity contribution in [1.82, 2.24) is 4.98 Å². The molecule has 0 aromatic carbocycles. The van der Waals surface area contributed by atoms with Gasteiger partial charge in [0, 0.05) is 12.2 Å². The van der Waals surface area contributed by atoms with Crippen LogP contribution < -0.4 is 11.1 Å². The summed E-state index contributed by atoms with van der Waals surface area (Å²) in [4.78, 5) is 4.25. The lowest BCUT2D eigenvalue weighted by molar-refractivity contribution is 0.457. The second kappa shape index (κ2) is 2.87. The minimum Gasteiger partial charge on any atom is -0.396 e. The number of aromatic nitrogens is 1. The zero-order valence-electron chi connectivity index (χ0n) is 9.83. The minimum absolute atomic E-state index is 0.303. The number of nitrogens with two attached hydrogens (primary N) is 1. The second-order valence-electron chi connectivity index (χ2n) is 5.46. The molecule has 3 heteroatoms. The predicted octanol–water partition coefficient (Wildman–Crippen LogP) is 2.51. The van der Waals surface area contributed by atoms with Crippen LogP contribution in [0.15, 0.2) is 18.3 Å². The highest BCUT2D eigenvalue weighted by Gasteiger charge is 2.65. The largest absolute Gasteiger partial charge is 0.396 e. The van der Waals surface area contributed by atoms with Crippen LogP contribution in [0.2, 0.25) is 0 Å². The summed E-state index contributed by atoms with van der Waals surface area (Å²) in [5, 5.41) is 3.43. The van der Waals surface area contributed by atoms with Gasteiger partial charge >= 0.3 is 0 Å². The fourth-order valence-corrected chi connectivity index (χ4v) is 2.23. The maximum atomic E-state index is 5.85. The molecule has 0 atom stereocenters. The van der Waals surface area contributed by atoms with Gasteiger partial charge in [-0.05, 0) is 23.0 Å². The summed E-state index contributed by atoms with van der Waals surface area (Å²) in [7, 11) is 0. The van der Waals surface area contributed by atoms with Crippen molar-refractivity contribution in [3.8, 4) is 0 Å². The van der Waals surface area contributed by atoms with E-state index in [1.807, 2.05) is 12.1 Å². The zero-order valence-corrected chi connectivity index (χ0v) is 9.83. The fourth-order valence-electron chi connectivity index (χ4n) is 2.23. The molecule has 0 spiro atoms. The highest BCUT2D eigenvalue weighted by Crippen LogP contribution is 2.63. The number of anilines is 2. The maximum absolute atomic E-state index is 5.85. The van der Waals surface area contributed by atoms with Crippen LogP contribution in [0, 0.1) is 10.8 Å². The van der Waals surface area contributed by atoms with Gasteiger partial charge in [-0.25, -0.2) is 4.98 Å². The van der Waals surface area contributed by atoms with E-state index >= 15 is 0 Å². The van der Waals surface area contributed by atoms with Gasteiger partial charge in [-0.3, -0.25) is 0 Å². The van der Waals surface area contributed by atoms with Gasteiger partial charge in [0.1, 0.15) is 5.82 Å². The Labute approximate surface area is 91.1 Å². The van der Waals surface area contributed by atoms with Gasteiger partial charge in [-0.15, -0.1) is 0 Å². The summed E-state index contributed by atoms with van der Waals surface area (Å²) in [6.07, 6.45) is 1.76. The van der Waals surface area contributed by atoms with Gasteiger partial charge in [0.2, 0.25) is 0 Å². The first-order valence-corrected chi connectivity index (χ1v) is 5.34. The molecular weight excluding hydrogens is 186 g/mol. The van der Waals surface area contributed by atoms with Gasteiger partial charge < -0.3 is 11.1 Å². The van der Waals surface area contributed by atoms with Crippen molar-refractivity contribution in [1.29, 1.82) is 0 Å². The number of pyridine rings is 1. The topological polar surface area (TPSA) is 50.9 Å². The summed E-state index contributed by atoms with van der Waals surface area (Å²) >= 11 is 0. The molecule has 1 saturated carbocycles. The molecule has 0 bridgehead atoms. The van der Waals surface area contributed by atoms with E-state index in [1.165, 1.54) is 0 Å². The Kier molecular flexibility index (Phi) is 1.97. The van der Waals surface area contributed by atoms with Gasteiger partial charge in [0.05, 0.1) is 5.69 Å². The Morgan fingerprint density at radius 2 is 1.87 bits per heavy atom. The van der Waals surface area contributed by atoms with Crippen molar-refractivity contribution in [2.24, 2.45) is 10.8 Å². The number of hydrogen-bond donors (Lipinski definition) is 2. The van der Waals surface area contributed by atoms with Crippen LogP contribution in [0.4, 0.5) is 11.5 Å². The summed E-state index contributed by atoms with van der Waals surface area (Å²) in [6, 6.07) is 4.17. The highest BCUT2D eigenvalue weighted by molar-refractivity contribution is 5.62. The van der Waals surface area contributed by atoms with E-state index in [1.54, 1.807) is 6.20 Å². The van der Waals surface area contributed by atoms with Gasteiger partial charge in [-0.1, -0.05) is 27.7 Å². The molecule has 1 fully saturated rings. The molecular formula is C12H19N3. The molecule has 0 saturated heterocycles. The van der Waals surface area contributed by atoms with E-state index in [-0.39, 0.29) is 0 Å². The van der Waals surface area contributed by atoms with Crippen LogP contribution in [-0.4, -0.2) is 11.0 Å². The van der Waals surface area contributed by atoms with E-state index in [2.05, 4.69) is 38.0 Å². The van der Waals surface area contributed by atoms with Crippen LogP contribution >= 0.6 is 0 Å². The van der Waals surface area contributed by atoms with Crippen LogP contribution in [0.25, 0.3) is 0 Å². The van der Waals surface area contributed by atoms with E-state index < -0.39 is 0 Å². The summed E-state index contributed by atoms with van der Waals surface area (Å²) in [6.45, 7) is 9.07. The Balaban J connectivity index is 2.16. The van der Waals surface area contributed by atoms with Crippen molar-refractivity contribution >= 4 is 11.5 Å². The third-order valence-electron chi connectivity index (χ3n) is 4.14. The lowest BCUT2D eigenvalue weighted by Gasteiger charge is -2.09. The normalized spacial score (nSPS) is 22.4. The SMILES string of the molecule is CC1(C)C(Nc2ncccc2N)C1(C)C. The minimum atomic E-state index is 0.303. The van der Waals surface area contributed by atoms with Crippen molar-refractivity contribution in [2.75, 3.05) is 11.1 Å². The van der Waals surface area contributed by atoms with Crippen LogP contribution in [0.1, 0.15) is 27.7 Å². The average Bonchev–Trinajstić information content (AvgIpc) is 2.51. The average molecular weight is 205 g/mol. The third-order valence-corrected chi connectivity index (χ3v) is 4.14. The number of nitrogens with zero attached hydrogens (tertiary/aromatic N) is 1. The molecule has 2 rings (SSSR count). The van der Waals surface area contributed by atoms with Crippen LogP contribution in [0.3, 0.4) is 0 Å². The van der Waals surface area contributed by atoms with E-state index in [0.29, 0.717) is 16.9 Å². The molecule has 82 valence electrons. The Bertz CT molecular complexity index is 368. The van der Waals surface area contributed by atoms with Gasteiger partial charge in [-0.2, -0.15) is 0 Å². The highest BCUT2D eigenvalue weighted by atomic mass is 15.1. The number of nitrogens with one attached hydrogen (secondary N) is 1. The molecule has 0 amide bonds. The number of hydrogen-bond acceptors (Lipinski definition) is 3. The first-order chi connectivity index (χ1) is 6.87. The molecule has 0 unspecified atom stereocenters. The van der Waals surface area contributed by atoms with Crippen molar-refractivity contribution in [3.05, 3.63) is 18.3 Å². The standard InChI is InChI=1S/C12H19N3/c1-11(2)10(12(11,3)4)15-9-8(13)6-5-7-14-9/h5-7,10H,13H2,1-4H3,(H,14,15). The van der Waals surface area contributed by atoms with Gasteiger partial charge in [0.15, 0.2) is 0 Å². The van der Waals surface area contributed by atoms with E-state index in [0.717, 1.165) is 11.5 Å². The maximum Gasteiger partial charge on any atom is 0.149 e. The molecule has 1 aliphatic carbocycles. The first kappa shape index (κ1) is 10.3. The zero-order chi connectivity index (χ0) is 11.3. The molecule has 1 aromatic rings. The summed E-state index contributed by atoms with van der Waals surface area (Å²) < 4.78 is 0. The number of nitrogen functional groups attached to an aromatic ring is 1. The van der Waals surface area contributed by atoms with Crippen molar-refractivity contribution in [3.63, 3.8) is 0 Å². The van der Waals surface area contributed by atoms with Crippen LogP contribution in [0.5, 0.6) is 0 Å². The lowest BCUT2D eigenvalue weighted by atomic mass is 10.0. The van der Waals surface area contributed by atoms with Crippen molar-refractivity contribution in [2.45, 2.75) is 33.7 Å². The fraction of sp³-hybridized carbons (Fsp3) is 0.583. The second-order valence-corrected chi connectivity index (χ2v) is 5.46. The Morgan fingerprint density at radius 3 is 2.33 bits per heavy atom. The monoisotopic (exact) mass is 205 g/mol. The molecule has 1 aliphatic rings. The Hall–Kier alpha value is -1.25. The molecule has 1 heterocycles. The first-order valence-electron chi connectivity index (χ1n) is 5.34. The quantitative estimate of drug-likeness (QED) is 0.780. The third kappa shape index (κ3) is 1.37. The Morgan fingerprint density at radius 1 is 1.27 bits per heavy atom. The molecule has 3 N–H and O–H groups in total. The lowest BCUT2D eigenvalue weighted by Crippen LogP contribution is -2.12. The van der Waals surface area contributed by atoms with E-state index in [9.17, 15) is 0 Å². The summed E-state index contributed by atoms with van der Waals surface area (Å²) in [5.74, 6) is 0.807. The molecule has 3 nitrogen and oxygen atoms in total. The predicted molar refractivity (Wildman–Crippen MR) is 63.6 cm³/mol. The smallest absolute Gasteiger partial charge is 0.149 e.